The van der Waals surface area contributed by atoms with Crippen LogP contribution < -0.4 is 15.4 Å². The summed E-state index contributed by atoms with van der Waals surface area (Å²) in [6, 6.07) is 6.49. The van der Waals surface area contributed by atoms with Gasteiger partial charge in [-0.2, -0.15) is 35.5 Å². The Kier molecular flexibility index (Phi) is 8.82. The van der Waals surface area contributed by atoms with Gasteiger partial charge in [0.1, 0.15) is 23.7 Å². The van der Waals surface area contributed by atoms with Gasteiger partial charge >= 0.3 is 12.1 Å². The van der Waals surface area contributed by atoms with E-state index in [0.29, 0.717) is 29.0 Å². The number of para-hydroxylation sites is 1. The molecular weight excluding hydrogens is 619 g/mol. The van der Waals surface area contributed by atoms with E-state index < -0.39 is 33.2 Å². The second-order valence-corrected chi connectivity index (χ2v) is 10.6. The maximum absolute atomic E-state index is 14.5. The monoisotopic (exact) mass is 642 g/mol. The lowest BCUT2D eigenvalue weighted by molar-refractivity contribution is -0.187. The van der Waals surface area contributed by atoms with Gasteiger partial charge in [0.2, 0.25) is 0 Å². The number of methoxy groups -OCH3 is 1. The zero-order valence-electron chi connectivity index (χ0n) is 23.0. The molecule has 1 aromatic carbocycles. The van der Waals surface area contributed by atoms with Gasteiger partial charge in [0.25, 0.3) is 15.4 Å². The van der Waals surface area contributed by atoms with Crippen LogP contribution in [0, 0.1) is 0 Å². The Balaban J connectivity index is 1.66. The van der Waals surface area contributed by atoms with E-state index in [-0.39, 0.29) is 41.3 Å². The molecule has 0 aliphatic heterocycles. The number of rotatable bonds is 11. The van der Waals surface area contributed by atoms with Gasteiger partial charge in [0.15, 0.2) is 17.4 Å². The van der Waals surface area contributed by atoms with Crippen LogP contribution in [0.25, 0.3) is 11.4 Å². The average molecular weight is 643 g/mol. The number of ketones is 1. The minimum atomic E-state index is -6.27. The molecule has 1 atom stereocenters. The number of hydrogen-bond acceptors (Lipinski definition) is 11. The first-order valence-corrected chi connectivity index (χ1v) is 13.9. The minimum absolute atomic E-state index is 0.0154. The maximum atomic E-state index is 14.5. The third-order valence-electron chi connectivity index (χ3n) is 6.03. The van der Waals surface area contributed by atoms with E-state index in [1.54, 1.807) is 32.2 Å². The largest absolute Gasteiger partial charge is 0.494 e. The van der Waals surface area contributed by atoms with Crippen LogP contribution in [0.15, 0.2) is 49.2 Å². The molecule has 0 amide bonds. The number of hydrogen-bond donors (Lipinski definition) is 3. The summed E-state index contributed by atoms with van der Waals surface area (Å²) < 4.78 is 107. The molecule has 1 unspecified atom stereocenters. The Labute approximate surface area is 246 Å². The lowest BCUT2D eigenvalue weighted by Crippen LogP contribution is -2.48. The lowest BCUT2D eigenvalue weighted by atomic mass is 10.1. The highest BCUT2D eigenvalue weighted by Gasteiger charge is 2.64. The SMILES string of the molecule is CCC(=O)c1cnc(Nc2cnc(C(F)(F)C(C(F)(F)F)S(=O)(=O)O)cn2)cc1Nc1cccc(-c2ncn(C)n2)c1OC. The third kappa shape index (κ3) is 6.72. The summed E-state index contributed by atoms with van der Waals surface area (Å²) in [5.41, 5.74) is -0.259. The van der Waals surface area contributed by atoms with Crippen molar-refractivity contribution in [2.75, 3.05) is 17.7 Å². The molecular formula is C25H23F5N8O5S. The summed E-state index contributed by atoms with van der Waals surface area (Å²) in [6.07, 6.45) is -2.30. The van der Waals surface area contributed by atoms with Gasteiger partial charge in [0, 0.05) is 25.7 Å². The predicted molar refractivity (Wildman–Crippen MR) is 146 cm³/mol. The van der Waals surface area contributed by atoms with Gasteiger partial charge < -0.3 is 15.4 Å². The summed E-state index contributed by atoms with van der Waals surface area (Å²) in [5, 5.41) is 5.55. The van der Waals surface area contributed by atoms with Gasteiger partial charge in [-0.1, -0.05) is 13.0 Å². The van der Waals surface area contributed by atoms with E-state index in [2.05, 4.69) is 35.7 Å². The molecule has 234 valence electrons. The number of pyridine rings is 1. The van der Waals surface area contributed by atoms with Crippen molar-refractivity contribution >= 4 is 38.9 Å². The highest BCUT2D eigenvalue weighted by molar-refractivity contribution is 7.86. The smallest absolute Gasteiger partial charge is 0.414 e. The van der Waals surface area contributed by atoms with Crippen LogP contribution in [-0.2, 0) is 23.1 Å². The van der Waals surface area contributed by atoms with E-state index in [4.69, 9.17) is 9.29 Å². The van der Waals surface area contributed by atoms with Crippen LogP contribution >= 0.6 is 0 Å². The number of carbonyl (C=O) groups excluding carboxylic acids is 1. The molecule has 3 aromatic heterocycles. The lowest BCUT2D eigenvalue weighted by Gasteiger charge is -2.25. The molecule has 0 saturated heterocycles. The fourth-order valence-corrected chi connectivity index (χ4v) is 4.90. The van der Waals surface area contributed by atoms with Crippen molar-refractivity contribution in [2.45, 2.75) is 30.7 Å². The zero-order valence-corrected chi connectivity index (χ0v) is 23.8. The molecule has 13 nitrogen and oxygen atoms in total. The number of alkyl halides is 5. The Bertz CT molecular complexity index is 1780. The summed E-state index contributed by atoms with van der Waals surface area (Å²) >= 11 is 0. The van der Waals surface area contributed by atoms with Gasteiger partial charge in [-0.3, -0.25) is 14.0 Å². The van der Waals surface area contributed by atoms with Crippen molar-refractivity contribution in [1.82, 2.24) is 29.7 Å². The van der Waals surface area contributed by atoms with E-state index in [0.717, 1.165) is 0 Å². The third-order valence-corrected chi connectivity index (χ3v) is 7.19. The molecule has 3 N–H and O–H groups in total. The van der Waals surface area contributed by atoms with Crippen molar-refractivity contribution in [3.63, 3.8) is 0 Å². The number of nitrogens with one attached hydrogen (secondary N) is 2. The fourth-order valence-electron chi connectivity index (χ4n) is 4.07. The number of benzene rings is 1. The number of ether oxygens (including phenoxy) is 1. The number of anilines is 4. The predicted octanol–water partition coefficient (Wildman–Crippen LogP) is 4.67. The Morgan fingerprint density at radius 2 is 1.73 bits per heavy atom. The van der Waals surface area contributed by atoms with Crippen molar-refractivity contribution in [3.05, 3.63) is 60.4 Å². The van der Waals surface area contributed by atoms with Crippen LogP contribution in [-0.4, -0.2) is 67.0 Å². The molecule has 0 aliphatic rings. The van der Waals surface area contributed by atoms with Crippen molar-refractivity contribution in [2.24, 2.45) is 7.05 Å². The molecule has 44 heavy (non-hydrogen) atoms. The number of carbonyl (C=O) groups is 1. The second kappa shape index (κ2) is 12.1. The van der Waals surface area contributed by atoms with Crippen LogP contribution in [0.4, 0.5) is 45.0 Å². The summed E-state index contributed by atoms with van der Waals surface area (Å²) in [4.78, 5) is 27.8. The fraction of sp³-hybridized carbons (Fsp3) is 0.280. The molecule has 0 aliphatic carbocycles. The standard InChI is InChI=1S/C25H23F5N8O5S/c1-4-17(39)14-9-32-19(8-16(14)35-15-7-5-6-13(21(15)43-3)22-34-12-38(2)37-22)36-20-11-31-18(10-33-20)24(26,27)23(25(28,29)30)44(40,41)42/h5-12,23H,4H2,1-3H3,(H,40,41,42)(H2,32,33,35,36). The second-order valence-electron chi connectivity index (χ2n) is 9.12. The van der Waals surface area contributed by atoms with E-state index in [1.807, 2.05) is 0 Å². The average Bonchev–Trinajstić information content (AvgIpc) is 3.37. The number of aromatic nitrogens is 6. The number of Topliss-reactive ketones (excluding diaryl/α,β-unsaturated/α-hetero) is 1. The molecule has 0 radical (unpaired) electrons. The molecule has 0 fully saturated rings. The zero-order chi connectivity index (χ0) is 32.4. The molecule has 0 saturated carbocycles. The number of aryl methyl sites for hydroxylation is 1. The molecule has 3 heterocycles. The Morgan fingerprint density at radius 1 is 1.02 bits per heavy atom. The van der Waals surface area contributed by atoms with E-state index >= 15 is 0 Å². The first kappa shape index (κ1) is 32.1. The van der Waals surface area contributed by atoms with Gasteiger partial charge in [-0.15, -0.1) is 0 Å². The Morgan fingerprint density at radius 3 is 2.27 bits per heavy atom. The first-order chi connectivity index (χ1) is 20.6. The number of nitrogens with zero attached hydrogens (tertiary/aromatic N) is 6. The van der Waals surface area contributed by atoms with Gasteiger partial charge in [-0.25, -0.2) is 19.9 Å². The molecule has 0 spiro atoms. The molecule has 19 heteroatoms. The molecule has 4 rings (SSSR count). The van der Waals surface area contributed by atoms with E-state index in [1.165, 1.54) is 30.4 Å². The minimum Gasteiger partial charge on any atom is -0.494 e. The maximum Gasteiger partial charge on any atom is 0.414 e. The Hall–Kier alpha value is -4.78. The van der Waals surface area contributed by atoms with Crippen molar-refractivity contribution < 1.29 is 44.5 Å². The van der Waals surface area contributed by atoms with Crippen LogP contribution in [0.1, 0.15) is 29.4 Å². The topological polar surface area (TPSA) is 174 Å². The van der Waals surface area contributed by atoms with Gasteiger partial charge in [0.05, 0.1) is 42.0 Å². The van der Waals surface area contributed by atoms with Crippen LogP contribution in [0.2, 0.25) is 0 Å². The molecule has 0 bridgehead atoms. The quantitative estimate of drug-likeness (QED) is 0.117. The van der Waals surface area contributed by atoms with Crippen molar-refractivity contribution in [1.29, 1.82) is 0 Å². The van der Waals surface area contributed by atoms with Crippen LogP contribution in [0.3, 0.4) is 0 Å². The first-order valence-electron chi connectivity index (χ1n) is 12.4. The van der Waals surface area contributed by atoms with Crippen molar-refractivity contribution in [3.8, 4) is 17.1 Å². The van der Waals surface area contributed by atoms with Gasteiger partial charge in [-0.05, 0) is 12.1 Å². The normalized spacial score (nSPS) is 12.9. The summed E-state index contributed by atoms with van der Waals surface area (Å²) in [6.45, 7) is 1.64. The van der Waals surface area contributed by atoms with E-state index in [9.17, 15) is 35.2 Å². The molecule has 4 aromatic rings. The highest BCUT2D eigenvalue weighted by atomic mass is 32.2. The summed E-state index contributed by atoms with van der Waals surface area (Å²) in [7, 11) is -3.14. The summed E-state index contributed by atoms with van der Waals surface area (Å²) in [5.74, 6) is -4.98. The van der Waals surface area contributed by atoms with Crippen LogP contribution in [0.5, 0.6) is 5.75 Å². The number of halogens is 5. The highest BCUT2D eigenvalue weighted by Crippen LogP contribution is 2.43.